The molecule has 2 atom stereocenters. The fourth-order valence-electron chi connectivity index (χ4n) is 8.91. The minimum Gasteiger partial charge on any atom is -0.508 e. The van der Waals surface area contributed by atoms with Gasteiger partial charge in [0.05, 0.1) is 24.2 Å². The Hall–Kier alpha value is -4.91. The van der Waals surface area contributed by atoms with Crippen LogP contribution in [0.4, 0.5) is 14.6 Å². The minimum atomic E-state index is -0.711. The molecule has 1 saturated heterocycles. The first kappa shape index (κ1) is 34.2. The molecule has 272 valence electrons. The van der Waals surface area contributed by atoms with E-state index >= 15 is 8.78 Å². The van der Waals surface area contributed by atoms with Crippen LogP contribution in [0.5, 0.6) is 11.8 Å². The van der Waals surface area contributed by atoms with Crippen LogP contribution in [0, 0.1) is 17.0 Å². The zero-order valence-electron chi connectivity index (χ0n) is 30.1. The fraction of sp³-hybridized carbons (Fsp3) is 0.462. The summed E-state index contributed by atoms with van der Waals surface area (Å²) in [6.07, 6.45) is 8.06. The summed E-state index contributed by atoms with van der Waals surface area (Å²) in [5, 5.41) is 16.8. The predicted molar refractivity (Wildman–Crippen MR) is 195 cm³/mol. The summed E-state index contributed by atoms with van der Waals surface area (Å²) in [7, 11) is 5.57. The van der Waals surface area contributed by atoms with Gasteiger partial charge in [-0.25, -0.2) is 8.78 Å². The van der Waals surface area contributed by atoms with E-state index in [-0.39, 0.29) is 39.9 Å². The first-order valence-corrected chi connectivity index (χ1v) is 18.2. The molecule has 1 aliphatic carbocycles. The number of aromatic hydroxyl groups is 1. The molecular weight excluding hydrogens is 666 g/mol. The quantitative estimate of drug-likeness (QED) is 0.207. The highest BCUT2D eigenvalue weighted by Crippen LogP contribution is 2.47. The van der Waals surface area contributed by atoms with Gasteiger partial charge >= 0.3 is 6.01 Å². The van der Waals surface area contributed by atoms with Crippen LogP contribution in [-0.2, 0) is 19.5 Å². The predicted octanol–water partition coefficient (Wildman–Crippen LogP) is 6.34. The number of pyridine rings is 1. The molecule has 0 radical (unpaired) electrons. The van der Waals surface area contributed by atoms with Crippen molar-refractivity contribution in [2.75, 3.05) is 45.7 Å². The van der Waals surface area contributed by atoms with Crippen molar-refractivity contribution < 1.29 is 23.4 Å². The topological polar surface area (TPSA) is 113 Å². The van der Waals surface area contributed by atoms with Gasteiger partial charge < -0.3 is 24.5 Å². The van der Waals surface area contributed by atoms with Crippen LogP contribution in [0.15, 0.2) is 36.5 Å². The van der Waals surface area contributed by atoms with Crippen LogP contribution in [0.1, 0.15) is 67.2 Å². The van der Waals surface area contributed by atoms with E-state index in [1.807, 2.05) is 16.5 Å². The maximum absolute atomic E-state index is 17.2. The number of hydrogen-bond acceptors (Lipinski definition) is 9. The third-order valence-electron chi connectivity index (χ3n) is 11.4. The lowest BCUT2D eigenvalue weighted by atomic mass is 9.76. The second-order valence-electron chi connectivity index (χ2n) is 14.8. The molecule has 2 aromatic carbocycles. The molecule has 8 rings (SSSR count). The third-order valence-corrected chi connectivity index (χ3v) is 11.4. The normalized spacial score (nSPS) is 20.6. The maximum Gasteiger partial charge on any atom is 0.319 e. The number of carbonyl (C=O) groups is 1. The number of likely N-dealkylation sites (tertiary alicyclic amines) is 1. The number of piperidine rings is 1. The van der Waals surface area contributed by atoms with E-state index in [4.69, 9.17) is 14.7 Å². The molecule has 3 aromatic heterocycles. The molecule has 2 fully saturated rings. The molecule has 5 heterocycles. The second kappa shape index (κ2) is 13.3. The summed E-state index contributed by atoms with van der Waals surface area (Å²) < 4.78 is 40.6. The summed E-state index contributed by atoms with van der Waals surface area (Å²) in [4.78, 5) is 33.0. The summed E-state index contributed by atoms with van der Waals surface area (Å²) >= 11 is 0. The van der Waals surface area contributed by atoms with E-state index in [0.29, 0.717) is 78.4 Å². The van der Waals surface area contributed by atoms with Crippen molar-refractivity contribution in [3.63, 3.8) is 0 Å². The van der Waals surface area contributed by atoms with Crippen LogP contribution < -0.4 is 9.64 Å². The number of anilines is 1. The minimum absolute atomic E-state index is 0.0263. The highest BCUT2D eigenvalue weighted by molar-refractivity contribution is 6.01. The van der Waals surface area contributed by atoms with Crippen molar-refractivity contribution in [3.05, 3.63) is 65.1 Å². The Bertz CT molecular complexity index is 2210. The summed E-state index contributed by atoms with van der Waals surface area (Å²) in [6.45, 7) is 4.88. The van der Waals surface area contributed by atoms with Gasteiger partial charge in [0.2, 0.25) is 0 Å². The number of benzene rings is 2. The third kappa shape index (κ3) is 5.79. The van der Waals surface area contributed by atoms with Crippen LogP contribution in [0.3, 0.4) is 0 Å². The second-order valence-corrected chi connectivity index (χ2v) is 14.8. The molecule has 0 spiro atoms. The Labute approximate surface area is 301 Å². The summed E-state index contributed by atoms with van der Waals surface area (Å²) in [6, 6.07) is 8.21. The number of aromatic nitrogens is 5. The maximum atomic E-state index is 17.2. The molecule has 0 unspecified atom stereocenters. The Morgan fingerprint density at radius 2 is 1.90 bits per heavy atom. The monoisotopic (exact) mass is 710 g/mol. The van der Waals surface area contributed by atoms with Crippen molar-refractivity contribution in [2.24, 2.45) is 5.41 Å². The van der Waals surface area contributed by atoms with E-state index < -0.39 is 11.6 Å². The first-order chi connectivity index (χ1) is 25.1. The molecular formula is C39H44F2N8O3. The summed E-state index contributed by atoms with van der Waals surface area (Å²) in [5.41, 5.74) is 1.84. The Balaban J connectivity index is 1.26. The zero-order chi connectivity index (χ0) is 36.3. The van der Waals surface area contributed by atoms with Gasteiger partial charge in [0.15, 0.2) is 11.5 Å². The number of amides is 1. The van der Waals surface area contributed by atoms with Crippen molar-refractivity contribution >= 4 is 33.4 Å². The van der Waals surface area contributed by atoms with Gasteiger partial charge in [0, 0.05) is 50.4 Å². The largest absolute Gasteiger partial charge is 0.508 e. The number of carbonyl (C=O) groups excluding carboxylic acids is 1. The Morgan fingerprint density at radius 1 is 1.08 bits per heavy atom. The fourth-order valence-corrected chi connectivity index (χ4v) is 8.91. The van der Waals surface area contributed by atoms with Gasteiger partial charge in [0.25, 0.3) is 5.91 Å². The standard InChI is InChI=1S/C39H44F2N8O3/c1-5-26-29(40)11-10-23-17-25(50)19-27(32(23)26)34-33(41)35-28(20-42-34)36(48-15-8-16-49-24(21-48)18-30(45-49)37(51)46(2)3)44-38(43-35)52-22-39-12-6-9-31(39)47(4)14-7-13-39/h10-11,17-20,31,50H,5-9,12-16,21-22H2,1-4H3/t31-,39-/m1/s1. The number of aryl methyl sites for hydroxylation is 2. The lowest BCUT2D eigenvalue weighted by molar-refractivity contribution is 0.0133. The molecule has 1 N–H and O–H groups in total. The van der Waals surface area contributed by atoms with Crippen LogP contribution in [0.2, 0.25) is 0 Å². The Kier molecular flexibility index (Phi) is 8.71. The number of phenols is 1. The first-order valence-electron chi connectivity index (χ1n) is 18.2. The van der Waals surface area contributed by atoms with Crippen molar-refractivity contribution in [3.8, 4) is 23.0 Å². The number of halogens is 2. The molecule has 2 aliphatic heterocycles. The van der Waals surface area contributed by atoms with Crippen LogP contribution in [0.25, 0.3) is 32.9 Å². The van der Waals surface area contributed by atoms with E-state index in [9.17, 15) is 9.90 Å². The van der Waals surface area contributed by atoms with E-state index in [1.54, 1.807) is 38.5 Å². The number of phenolic OH excluding ortho intramolecular Hbond substituents is 1. The average molecular weight is 711 g/mol. The van der Waals surface area contributed by atoms with Crippen LogP contribution in [-0.4, -0.2) is 92.4 Å². The lowest BCUT2D eigenvalue weighted by Gasteiger charge is -2.44. The van der Waals surface area contributed by atoms with E-state index in [0.717, 1.165) is 44.3 Å². The SMILES string of the molecule is CCc1c(F)ccc2cc(O)cc(-c3ncc4c(N5CCCn6nc(C(=O)N(C)C)cc6C5)nc(OC[C@]56CCC[C@H]5N(C)CCC6)nc4c3F)c12. The highest BCUT2D eigenvalue weighted by Gasteiger charge is 2.47. The molecule has 11 nitrogen and oxygen atoms in total. The van der Waals surface area contributed by atoms with Gasteiger partial charge in [-0.2, -0.15) is 15.1 Å². The van der Waals surface area contributed by atoms with Gasteiger partial charge in [0.1, 0.15) is 28.6 Å². The zero-order valence-corrected chi connectivity index (χ0v) is 30.1. The van der Waals surface area contributed by atoms with E-state index in [2.05, 4.69) is 22.0 Å². The van der Waals surface area contributed by atoms with Gasteiger partial charge in [-0.05, 0) is 92.7 Å². The van der Waals surface area contributed by atoms with Crippen LogP contribution >= 0.6 is 0 Å². The van der Waals surface area contributed by atoms with E-state index in [1.165, 1.54) is 17.0 Å². The number of nitrogens with zero attached hydrogens (tertiary/aromatic N) is 8. The number of rotatable bonds is 7. The van der Waals surface area contributed by atoms with Gasteiger partial charge in [-0.3, -0.25) is 14.5 Å². The number of hydrogen-bond donors (Lipinski definition) is 1. The molecule has 52 heavy (non-hydrogen) atoms. The molecule has 5 aromatic rings. The molecule has 0 bridgehead atoms. The number of fused-ring (bicyclic) bond motifs is 4. The number of ether oxygens (including phenoxy) is 1. The van der Waals surface area contributed by atoms with Crippen molar-refractivity contribution in [1.29, 1.82) is 0 Å². The van der Waals surface area contributed by atoms with Gasteiger partial charge in [-0.1, -0.05) is 19.4 Å². The lowest BCUT2D eigenvalue weighted by Crippen LogP contribution is -2.50. The highest BCUT2D eigenvalue weighted by atomic mass is 19.1. The Morgan fingerprint density at radius 3 is 2.71 bits per heavy atom. The molecule has 3 aliphatic rings. The molecule has 1 saturated carbocycles. The molecule has 13 heteroatoms. The smallest absolute Gasteiger partial charge is 0.319 e. The van der Waals surface area contributed by atoms with Crippen molar-refractivity contribution in [2.45, 2.75) is 71.0 Å². The molecule has 1 amide bonds. The van der Waals surface area contributed by atoms with Gasteiger partial charge in [-0.15, -0.1) is 0 Å². The average Bonchev–Trinajstić information content (AvgIpc) is 3.69. The summed E-state index contributed by atoms with van der Waals surface area (Å²) in [5.74, 6) is -0.913. The van der Waals surface area contributed by atoms with Crippen molar-refractivity contribution in [1.82, 2.24) is 34.5 Å².